The second-order valence-electron chi connectivity index (χ2n) is 6.82. The Balaban J connectivity index is 1.73. The van der Waals surface area contributed by atoms with Crippen molar-refractivity contribution in [3.63, 3.8) is 0 Å². The van der Waals surface area contributed by atoms with Crippen LogP contribution in [0.4, 0.5) is 11.4 Å². The van der Waals surface area contributed by atoms with Crippen LogP contribution in [0.25, 0.3) is 0 Å². The first-order valence-electron chi connectivity index (χ1n) is 10.0. The van der Waals surface area contributed by atoms with Gasteiger partial charge in [-0.1, -0.05) is 72.8 Å². The van der Waals surface area contributed by atoms with Gasteiger partial charge in [-0.2, -0.15) is 10.0 Å². The van der Waals surface area contributed by atoms with Gasteiger partial charge in [0, 0.05) is 11.1 Å². The van der Waals surface area contributed by atoms with Gasteiger partial charge in [-0.3, -0.25) is 9.59 Å². The van der Waals surface area contributed by atoms with Crippen molar-refractivity contribution in [3.8, 4) is 0 Å². The highest BCUT2D eigenvalue weighted by Crippen LogP contribution is 2.21. The SMILES string of the molecule is O=C(c1ccccc1)N(/N=N/N(C(=O)c1ccccc1)c1ccccc1)c1ccccc1. The smallest absolute Gasteiger partial charge is 0.267 e. The van der Waals surface area contributed by atoms with E-state index in [-0.39, 0.29) is 11.8 Å². The maximum atomic E-state index is 13.2. The lowest BCUT2D eigenvalue weighted by molar-refractivity contribution is 0.0967. The largest absolute Gasteiger partial charge is 0.280 e. The molecule has 32 heavy (non-hydrogen) atoms. The number of hydrogen-bond acceptors (Lipinski definition) is 4. The molecule has 4 aromatic rings. The van der Waals surface area contributed by atoms with Crippen LogP contribution < -0.4 is 10.0 Å². The molecule has 0 aliphatic carbocycles. The summed E-state index contributed by atoms with van der Waals surface area (Å²) in [5.41, 5.74) is 1.97. The maximum Gasteiger partial charge on any atom is 0.280 e. The fraction of sp³-hybridized carbons (Fsp3) is 0. The van der Waals surface area contributed by atoms with Crippen LogP contribution in [-0.2, 0) is 0 Å². The van der Waals surface area contributed by atoms with Gasteiger partial charge in [-0.05, 0) is 59.0 Å². The molecule has 2 amide bonds. The molecule has 0 spiro atoms. The summed E-state index contributed by atoms with van der Waals surface area (Å²) in [6.07, 6.45) is 0. The van der Waals surface area contributed by atoms with E-state index in [9.17, 15) is 9.59 Å². The number of anilines is 2. The summed E-state index contributed by atoms with van der Waals surface area (Å²) in [7, 11) is 0. The summed E-state index contributed by atoms with van der Waals surface area (Å²) in [4.78, 5) is 26.4. The topological polar surface area (TPSA) is 65.3 Å². The van der Waals surface area contributed by atoms with Crippen molar-refractivity contribution in [1.82, 2.24) is 0 Å². The highest BCUT2D eigenvalue weighted by molar-refractivity contribution is 6.06. The second kappa shape index (κ2) is 9.95. The lowest BCUT2D eigenvalue weighted by Crippen LogP contribution is -2.29. The maximum absolute atomic E-state index is 13.2. The number of benzene rings is 4. The lowest BCUT2D eigenvalue weighted by atomic mass is 10.2. The average Bonchev–Trinajstić information content (AvgIpc) is 2.88. The highest BCUT2D eigenvalue weighted by Gasteiger charge is 2.21. The molecule has 6 nitrogen and oxygen atoms in total. The van der Waals surface area contributed by atoms with Crippen LogP contribution in [-0.4, -0.2) is 11.8 Å². The molecule has 156 valence electrons. The van der Waals surface area contributed by atoms with Crippen LogP contribution in [0.2, 0.25) is 0 Å². The molecule has 6 heteroatoms. The predicted molar refractivity (Wildman–Crippen MR) is 124 cm³/mol. The molecule has 0 bridgehead atoms. The monoisotopic (exact) mass is 420 g/mol. The first kappa shape index (κ1) is 20.7. The van der Waals surface area contributed by atoms with Crippen molar-refractivity contribution in [2.24, 2.45) is 10.4 Å². The van der Waals surface area contributed by atoms with Crippen LogP contribution in [0.1, 0.15) is 20.7 Å². The van der Waals surface area contributed by atoms with Gasteiger partial charge >= 0.3 is 0 Å². The summed E-state index contributed by atoms with van der Waals surface area (Å²) in [6.45, 7) is 0. The van der Waals surface area contributed by atoms with E-state index in [1.165, 1.54) is 10.0 Å². The van der Waals surface area contributed by atoms with Crippen molar-refractivity contribution >= 4 is 23.2 Å². The molecule has 0 aliphatic rings. The molecule has 0 aromatic heterocycles. The number of nitrogens with zero attached hydrogens (tertiary/aromatic N) is 4. The zero-order valence-electron chi connectivity index (χ0n) is 17.2. The molecule has 0 radical (unpaired) electrons. The fourth-order valence-corrected chi connectivity index (χ4v) is 3.04. The molecule has 0 unspecified atom stereocenters. The summed E-state index contributed by atoms with van der Waals surface area (Å²) in [6, 6.07) is 35.6. The fourth-order valence-electron chi connectivity index (χ4n) is 3.04. The van der Waals surface area contributed by atoms with Gasteiger partial charge in [-0.15, -0.1) is 0 Å². The molecule has 0 N–H and O–H groups in total. The molecule has 0 fully saturated rings. The Bertz CT molecular complexity index is 1100. The summed E-state index contributed by atoms with van der Waals surface area (Å²) >= 11 is 0. The summed E-state index contributed by atoms with van der Waals surface area (Å²) < 4.78 is 0. The van der Waals surface area contributed by atoms with E-state index in [0.29, 0.717) is 22.5 Å². The molecule has 0 saturated heterocycles. The molecule has 0 aliphatic heterocycles. The number of hydrogen-bond donors (Lipinski definition) is 0. The first-order chi connectivity index (χ1) is 15.7. The quantitative estimate of drug-likeness (QED) is 0.285. The van der Waals surface area contributed by atoms with Crippen LogP contribution in [0.3, 0.4) is 0 Å². The number of carbonyl (C=O) groups excluding carboxylic acids is 2. The molecule has 0 saturated carbocycles. The van der Waals surface area contributed by atoms with Crippen LogP contribution >= 0.6 is 0 Å². The Morgan fingerprint density at radius 3 is 1.03 bits per heavy atom. The molecular formula is C26H20N4O2. The summed E-state index contributed by atoms with van der Waals surface area (Å²) in [5.74, 6) is -0.721. The van der Waals surface area contributed by atoms with E-state index in [1.54, 1.807) is 97.1 Å². The second-order valence-corrected chi connectivity index (χ2v) is 6.82. The van der Waals surface area contributed by atoms with Gasteiger partial charge in [0.05, 0.1) is 11.4 Å². The average molecular weight is 420 g/mol. The molecular weight excluding hydrogens is 400 g/mol. The number of rotatable bonds is 6. The van der Waals surface area contributed by atoms with E-state index >= 15 is 0 Å². The first-order valence-corrected chi connectivity index (χ1v) is 10.0. The van der Waals surface area contributed by atoms with Gasteiger partial charge in [0.25, 0.3) is 11.8 Å². The Morgan fingerprint density at radius 2 is 0.719 bits per heavy atom. The van der Waals surface area contributed by atoms with E-state index in [1.807, 2.05) is 24.3 Å². The standard InChI is InChI=1S/C26H20N4O2/c31-25(21-13-5-1-6-14-21)29(23-17-9-3-10-18-23)27-28-30(24-19-11-4-12-20-24)26(32)22-15-7-2-8-16-22/h1-20H/b28-27+. The van der Waals surface area contributed by atoms with E-state index in [0.717, 1.165) is 0 Å². The Labute approximate surface area is 186 Å². The summed E-state index contributed by atoms with van der Waals surface area (Å²) in [5, 5.41) is 10.8. The molecule has 4 rings (SSSR count). The lowest BCUT2D eigenvalue weighted by Gasteiger charge is -2.19. The zero-order valence-corrected chi connectivity index (χ0v) is 17.2. The van der Waals surface area contributed by atoms with Crippen LogP contribution in [0.15, 0.2) is 132 Å². The predicted octanol–water partition coefficient (Wildman–Crippen LogP) is 5.96. The Hall–Kier alpha value is -4.58. The van der Waals surface area contributed by atoms with Gasteiger partial charge in [0.2, 0.25) is 0 Å². The van der Waals surface area contributed by atoms with E-state index in [2.05, 4.69) is 10.4 Å². The Morgan fingerprint density at radius 1 is 0.438 bits per heavy atom. The number of para-hydroxylation sites is 2. The van der Waals surface area contributed by atoms with Crippen molar-refractivity contribution in [1.29, 1.82) is 0 Å². The van der Waals surface area contributed by atoms with Crippen LogP contribution in [0, 0.1) is 0 Å². The van der Waals surface area contributed by atoms with Crippen molar-refractivity contribution in [2.45, 2.75) is 0 Å². The van der Waals surface area contributed by atoms with Gasteiger partial charge in [0.1, 0.15) is 0 Å². The third kappa shape index (κ3) is 4.76. The normalized spacial score (nSPS) is 10.6. The van der Waals surface area contributed by atoms with E-state index < -0.39 is 0 Å². The third-order valence-electron chi connectivity index (χ3n) is 4.65. The van der Waals surface area contributed by atoms with Crippen molar-refractivity contribution in [3.05, 3.63) is 132 Å². The van der Waals surface area contributed by atoms with Crippen LogP contribution in [0.5, 0.6) is 0 Å². The molecule has 0 atom stereocenters. The van der Waals surface area contributed by atoms with Gasteiger partial charge in [-0.25, -0.2) is 0 Å². The highest BCUT2D eigenvalue weighted by atomic mass is 16.2. The molecule has 4 aromatic carbocycles. The third-order valence-corrected chi connectivity index (χ3v) is 4.65. The zero-order chi connectivity index (χ0) is 22.2. The van der Waals surface area contributed by atoms with Crippen molar-refractivity contribution < 1.29 is 9.59 Å². The van der Waals surface area contributed by atoms with E-state index in [4.69, 9.17) is 0 Å². The minimum atomic E-state index is -0.360. The minimum Gasteiger partial charge on any atom is -0.267 e. The number of amides is 2. The minimum absolute atomic E-state index is 0.360. The van der Waals surface area contributed by atoms with Gasteiger partial charge < -0.3 is 0 Å². The number of carbonyl (C=O) groups is 2. The Kier molecular flexibility index (Phi) is 6.43. The molecule has 0 heterocycles. The van der Waals surface area contributed by atoms with Gasteiger partial charge in [0.15, 0.2) is 0 Å². The van der Waals surface area contributed by atoms with Crippen molar-refractivity contribution in [2.75, 3.05) is 10.0 Å².